The maximum Gasteiger partial charge on any atom is 0.240 e. The first-order chi connectivity index (χ1) is 14.2. The van der Waals surface area contributed by atoms with Crippen molar-refractivity contribution in [2.45, 2.75) is 38.3 Å². The van der Waals surface area contributed by atoms with E-state index in [-0.39, 0.29) is 10.9 Å². The van der Waals surface area contributed by atoms with Gasteiger partial charge in [0.2, 0.25) is 10.0 Å². The van der Waals surface area contributed by atoms with E-state index < -0.39 is 10.0 Å². The van der Waals surface area contributed by atoms with E-state index in [1.807, 2.05) is 30.3 Å². The fourth-order valence-electron chi connectivity index (χ4n) is 2.72. The van der Waals surface area contributed by atoms with E-state index >= 15 is 0 Å². The Hall–Kier alpha value is -2.58. The van der Waals surface area contributed by atoms with E-state index in [0.29, 0.717) is 25.0 Å². The number of ether oxygens (including phenoxy) is 1. The van der Waals surface area contributed by atoms with Crippen molar-refractivity contribution >= 4 is 16.0 Å². The van der Waals surface area contributed by atoms with Gasteiger partial charge >= 0.3 is 0 Å². The summed E-state index contributed by atoms with van der Waals surface area (Å²) in [5.74, 6) is 1.97. The number of hydrogen-bond donors (Lipinski definition) is 3. The lowest BCUT2D eigenvalue weighted by Crippen LogP contribution is -2.38. The van der Waals surface area contributed by atoms with Crippen LogP contribution in [0.15, 0.2) is 58.4 Å². The molecule has 1 atom stereocenters. The van der Waals surface area contributed by atoms with Crippen LogP contribution in [0.3, 0.4) is 0 Å². The first-order valence-electron chi connectivity index (χ1n) is 9.97. The molecular formula is C22H32N4O3S. The molecule has 0 heterocycles. The molecule has 7 nitrogen and oxygen atoms in total. The van der Waals surface area contributed by atoms with Gasteiger partial charge in [-0.15, -0.1) is 0 Å². The van der Waals surface area contributed by atoms with Gasteiger partial charge in [0, 0.05) is 13.6 Å². The zero-order valence-corrected chi connectivity index (χ0v) is 19.1. The van der Waals surface area contributed by atoms with Crippen LogP contribution in [0.25, 0.3) is 0 Å². The van der Waals surface area contributed by atoms with E-state index in [2.05, 4.69) is 41.1 Å². The first kappa shape index (κ1) is 23.7. The van der Waals surface area contributed by atoms with Crippen LogP contribution in [0.5, 0.6) is 5.75 Å². The van der Waals surface area contributed by atoms with Crippen molar-refractivity contribution in [3.8, 4) is 5.75 Å². The number of rotatable bonds is 9. The van der Waals surface area contributed by atoms with Gasteiger partial charge in [0.05, 0.1) is 17.5 Å². The molecule has 0 aromatic heterocycles. The molecule has 0 bridgehead atoms. The average Bonchev–Trinajstić information content (AvgIpc) is 2.75. The molecule has 2 aromatic carbocycles. The Balaban J connectivity index is 1.95. The Bertz CT molecular complexity index is 941. The highest BCUT2D eigenvalue weighted by atomic mass is 32.2. The standard InChI is InChI=1S/C22H32N4O3S/c1-16(2)15-29-20-11-9-19(10-12-20)17(3)26-22(23-4)25-14-18-7-6-8-21(13-18)30(27,28)24-5/h6-13,16-17,24H,14-15H2,1-5H3,(H2,23,25,26). The van der Waals surface area contributed by atoms with Crippen molar-refractivity contribution in [1.82, 2.24) is 15.4 Å². The first-order valence-corrected chi connectivity index (χ1v) is 11.5. The minimum absolute atomic E-state index is 0.0337. The van der Waals surface area contributed by atoms with Gasteiger partial charge in [-0.2, -0.15) is 0 Å². The third-order valence-corrected chi connectivity index (χ3v) is 5.89. The van der Waals surface area contributed by atoms with Crippen LogP contribution in [0.4, 0.5) is 0 Å². The molecule has 8 heteroatoms. The summed E-state index contributed by atoms with van der Waals surface area (Å²) in [5.41, 5.74) is 1.95. The topological polar surface area (TPSA) is 91.8 Å². The Morgan fingerprint density at radius 2 is 1.80 bits per heavy atom. The lowest BCUT2D eigenvalue weighted by Gasteiger charge is -2.19. The van der Waals surface area contributed by atoms with E-state index in [4.69, 9.17) is 4.74 Å². The van der Waals surface area contributed by atoms with E-state index in [1.165, 1.54) is 7.05 Å². The summed E-state index contributed by atoms with van der Waals surface area (Å²) in [5, 5.41) is 6.57. The maximum atomic E-state index is 12.0. The highest BCUT2D eigenvalue weighted by Crippen LogP contribution is 2.18. The zero-order valence-electron chi connectivity index (χ0n) is 18.3. The van der Waals surface area contributed by atoms with Crippen LogP contribution >= 0.6 is 0 Å². The van der Waals surface area contributed by atoms with Crippen molar-refractivity contribution in [2.24, 2.45) is 10.9 Å². The summed E-state index contributed by atoms with van der Waals surface area (Å²) in [7, 11) is -0.366. The van der Waals surface area contributed by atoms with Gasteiger partial charge in [-0.05, 0) is 55.3 Å². The number of guanidine groups is 1. The predicted octanol–water partition coefficient (Wildman–Crippen LogP) is 3.06. The molecule has 164 valence electrons. The second-order valence-electron chi connectivity index (χ2n) is 7.42. The van der Waals surface area contributed by atoms with Crippen molar-refractivity contribution < 1.29 is 13.2 Å². The predicted molar refractivity (Wildman–Crippen MR) is 121 cm³/mol. The molecule has 1 unspecified atom stereocenters. The van der Waals surface area contributed by atoms with E-state index in [9.17, 15) is 8.42 Å². The highest BCUT2D eigenvalue weighted by Gasteiger charge is 2.12. The van der Waals surface area contributed by atoms with Crippen molar-refractivity contribution in [3.05, 3.63) is 59.7 Å². The van der Waals surface area contributed by atoms with Gasteiger partial charge in [-0.3, -0.25) is 4.99 Å². The third kappa shape index (κ3) is 7.03. The molecular weight excluding hydrogens is 400 g/mol. The maximum absolute atomic E-state index is 12.0. The normalized spacial score (nSPS) is 13.2. The van der Waals surface area contributed by atoms with Crippen LogP contribution in [-0.2, 0) is 16.6 Å². The number of nitrogens with zero attached hydrogens (tertiary/aromatic N) is 1. The molecule has 30 heavy (non-hydrogen) atoms. The van der Waals surface area contributed by atoms with E-state index in [0.717, 1.165) is 16.9 Å². The number of nitrogens with one attached hydrogen (secondary N) is 3. The van der Waals surface area contributed by atoms with Gasteiger partial charge in [0.25, 0.3) is 0 Å². The average molecular weight is 433 g/mol. The minimum atomic E-state index is -3.47. The summed E-state index contributed by atoms with van der Waals surface area (Å²) in [6.07, 6.45) is 0. The summed E-state index contributed by atoms with van der Waals surface area (Å²) in [6, 6.07) is 14.9. The lowest BCUT2D eigenvalue weighted by molar-refractivity contribution is 0.271. The van der Waals surface area contributed by atoms with Gasteiger partial charge in [-0.1, -0.05) is 38.1 Å². The molecule has 0 aliphatic carbocycles. The molecule has 0 aliphatic rings. The summed E-state index contributed by atoms with van der Waals surface area (Å²) in [6.45, 7) is 7.43. The van der Waals surface area contributed by atoms with Crippen molar-refractivity contribution in [3.63, 3.8) is 0 Å². The van der Waals surface area contributed by atoms with Crippen LogP contribution in [-0.4, -0.2) is 35.1 Å². The molecule has 2 rings (SSSR count). The number of sulfonamides is 1. The third-order valence-electron chi connectivity index (χ3n) is 4.48. The fourth-order valence-corrected chi connectivity index (χ4v) is 3.52. The molecule has 3 N–H and O–H groups in total. The monoisotopic (exact) mass is 432 g/mol. The Labute approximate surface area is 180 Å². The quantitative estimate of drug-likeness (QED) is 0.418. The van der Waals surface area contributed by atoms with Crippen LogP contribution in [0.2, 0.25) is 0 Å². The largest absolute Gasteiger partial charge is 0.493 e. The molecule has 0 saturated carbocycles. The smallest absolute Gasteiger partial charge is 0.240 e. The molecule has 0 fully saturated rings. The van der Waals surface area contributed by atoms with Crippen molar-refractivity contribution in [2.75, 3.05) is 20.7 Å². The van der Waals surface area contributed by atoms with Gasteiger partial charge < -0.3 is 15.4 Å². The summed E-state index contributed by atoms with van der Waals surface area (Å²) < 4.78 is 32.0. The van der Waals surface area contributed by atoms with Crippen LogP contribution in [0.1, 0.15) is 37.9 Å². The lowest BCUT2D eigenvalue weighted by atomic mass is 10.1. The Morgan fingerprint density at radius 1 is 1.10 bits per heavy atom. The van der Waals surface area contributed by atoms with Crippen LogP contribution < -0.4 is 20.1 Å². The van der Waals surface area contributed by atoms with Crippen LogP contribution in [0, 0.1) is 5.92 Å². The molecule has 2 aromatic rings. The number of benzene rings is 2. The molecule has 0 radical (unpaired) electrons. The second kappa shape index (κ2) is 11.0. The minimum Gasteiger partial charge on any atom is -0.493 e. The Morgan fingerprint density at radius 3 is 2.40 bits per heavy atom. The zero-order chi connectivity index (χ0) is 22.1. The SMILES string of the molecule is CN=C(NCc1cccc(S(=O)(=O)NC)c1)NC(C)c1ccc(OCC(C)C)cc1. The fraction of sp³-hybridized carbons (Fsp3) is 0.409. The summed E-state index contributed by atoms with van der Waals surface area (Å²) >= 11 is 0. The highest BCUT2D eigenvalue weighted by molar-refractivity contribution is 7.89. The molecule has 0 aliphatic heterocycles. The van der Waals surface area contributed by atoms with Crippen molar-refractivity contribution in [1.29, 1.82) is 0 Å². The number of aliphatic imine (C=N–C) groups is 1. The Kier molecular flexibility index (Phi) is 8.68. The van der Waals surface area contributed by atoms with Gasteiger partial charge in [-0.25, -0.2) is 13.1 Å². The van der Waals surface area contributed by atoms with E-state index in [1.54, 1.807) is 25.2 Å². The second-order valence-corrected chi connectivity index (χ2v) is 9.31. The molecule has 0 saturated heterocycles. The van der Waals surface area contributed by atoms with Gasteiger partial charge in [0.15, 0.2) is 5.96 Å². The molecule has 0 spiro atoms. The molecule has 0 amide bonds. The summed E-state index contributed by atoms with van der Waals surface area (Å²) in [4.78, 5) is 4.50. The number of hydrogen-bond acceptors (Lipinski definition) is 4. The van der Waals surface area contributed by atoms with Gasteiger partial charge in [0.1, 0.15) is 5.75 Å².